The molecule has 0 aliphatic carbocycles. The van der Waals surface area contributed by atoms with Gasteiger partial charge in [-0.1, -0.05) is 6.07 Å². The first-order valence-corrected chi connectivity index (χ1v) is 8.17. The van der Waals surface area contributed by atoms with Gasteiger partial charge < -0.3 is 20.1 Å². The van der Waals surface area contributed by atoms with Crippen LogP contribution in [0.1, 0.15) is 39.2 Å². The van der Waals surface area contributed by atoms with E-state index in [2.05, 4.69) is 15.2 Å². The molecule has 7 nitrogen and oxygen atoms in total. The normalized spacial score (nSPS) is 15.9. The molecule has 0 unspecified atom stereocenters. The molecule has 1 fully saturated rings. The van der Waals surface area contributed by atoms with Gasteiger partial charge in [-0.25, -0.2) is 14.6 Å². The number of nitrogens with one attached hydrogen (secondary N) is 1. The second kappa shape index (κ2) is 7.51. The Kier molecular flexibility index (Phi) is 5.64. The summed E-state index contributed by atoms with van der Waals surface area (Å²) in [5, 5.41) is 11.7. The van der Waals surface area contributed by atoms with Crippen LogP contribution in [-0.2, 0) is 16.0 Å². The third-order valence-corrected chi connectivity index (χ3v) is 3.67. The highest BCUT2D eigenvalue weighted by atomic mass is 16.6. The lowest BCUT2D eigenvalue weighted by atomic mass is 10.1. The number of carbonyl (C=O) groups excluding carboxylic acids is 1. The second-order valence-corrected chi connectivity index (χ2v) is 6.96. The highest BCUT2D eigenvalue weighted by molar-refractivity contribution is 5.80. The van der Waals surface area contributed by atoms with Crippen LogP contribution in [0, 0.1) is 0 Å². The Bertz CT molecular complexity index is 574. The average molecular weight is 335 g/mol. The standard InChI is InChI=1S/C17H25N3O4/c1-17(2,3)24-16(23)19-13(15(21)22)10-12-6-7-14(18-11-12)20-8-4-5-9-20/h6-7,11,13H,4-5,8-10H2,1-3H3,(H,19,23)(H,21,22)/t13-/m0/s1. The number of amides is 1. The van der Waals surface area contributed by atoms with Crippen molar-refractivity contribution < 1.29 is 19.4 Å². The van der Waals surface area contributed by atoms with Gasteiger partial charge in [-0.15, -0.1) is 0 Å². The largest absolute Gasteiger partial charge is 0.480 e. The van der Waals surface area contributed by atoms with Crippen molar-refractivity contribution in [3.8, 4) is 0 Å². The molecule has 1 amide bonds. The van der Waals surface area contributed by atoms with E-state index in [0.717, 1.165) is 24.5 Å². The van der Waals surface area contributed by atoms with Gasteiger partial charge >= 0.3 is 12.1 Å². The fraction of sp³-hybridized carbons (Fsp3) is 0.588. The van der Waals surface area contributed by atoms with E-state index >= 15 is 0 Å². The van der Waals surface area contributed by atoms with Crippen molar-refractivity contribution in [1.82, 2.24) is 10.3 Å². The SMILES string of the molecule is CC(C)(C)OC(=O)N[C@@H](Cc1ccc(N2CCCC2)nc1)C(=O)O. The Hall–Kier alpha value is -2.31. The first-order chi connectivity index (χ1) is 11.2. The predicted molar refractivity (Wildman–Crippen MR) is 90.2 cm³/mol. The molecule has 1 saturated heterocycles. The zero-order chi connectivity index (χ0) is 17.7. The quantitative estimate of drug-likeness (QED) is 0.857. The van der Waals surface area contributed by atoms with E-state index in [-0.39, 0.29) is 6.42 Å². The van der Waals surface area contributed by atoms with Crippen LogP contribution >= 0.6 is 0 Å². The van der Waals surface area contributed by atoms with Gasteiger partial charge in [-0.05, 0) is 45.2 Å². The molecule has 2 rings (SSSR count). The number of nitrogens with zero attached hydrogens (tertiary/aromatic N) is 2. The maximum atomic E-state index is 11.8. The van der Waals surface area contributed by atoms with Crippen molar-refractivity contribution in [2.24, 2.45) is 0 Å². The van der Waals surface area contributed by atoms with E-state index in [1.165, 1.54) is 12.8 Å². The smallest absolute Gasteiger partial charge is 0.408 e. The van der Waals surface area contributed by atoms with E-state index < -0.39 is 23.7 Å². The molecule has 2 N–H and O–H groups in total. The molecule has 1 aliphatic heterocycles. The average Bonchev–Trinajstić information content (AvgIpc) is 2.99. The highest BCUT2D eigenvalue weighted by Crippen LogP contribution is 2.18. The van der Waals surface area contributed by atoms with Gasteiger partial charge in [0.15, 0.2) is 0 Å². The minimum atomic E-state index is -1.11. The third kappa shape index (κ3) is 5.40. The molecule has 1 aromatic rings. The second-order valence-electron chi connectivity index (χ2n) is 6.96. The monoisotopic (exact) mass is 335 g/mol. The van der Waals surface area contributed by atoms with Gasteiger partial charge in [0.1, 0.15) is 17.5 Å². The number of aliphatic carboxylic acids is 1. The van der Waals surface area contributed by atoms with Gasteiger partial charge in [0, 0.05) is 25.7 Å². The van der Waals surface area contributed by atoms with Crippen molar-refractivity contribution in [1.29, 1.82) is 0 Å². The molecule has 1 aromatic heterocycles. The molecule has 2 heterocycles. The summed E-state index contributed by atoms with van der Waals surface area (Å²) < 4.78 is 5.11. The number of rotatable bonds is 5. The number of pyridine rings is 1. The minimum absolute atomic E-state index is 0.155. The van der Waals surface area contributed by atoms with Crippen molar-refractivity contribution in [2.45, 2.75) is 51.7 Å². The van der Waals surface area contributed by atoms with E-state index in [1.54, 1.807) is 27.0 Å². The maximum absolute atomic E-state index is 11.8. The fourth-order valence-electron chi connectivity index (χ4n) is 2.56. The number of hydrogen-bond acceptors (Lipinski definition) is 5. The molecule has 0 bridgehead atoms. The molecule has 1 atom stereocenters. The maximum Gasteiger partial charge on any atom is 0.408 e. The number of aromatic nitrogens is 1. The van der Waals surface area contributed by atoms with Crippen LogP contribution in [-0.4, -0.2) is 46.9 Å². The lowest BCUT2D eigenvalue weighted by Crippen LogP contribution is -2.44. The fourth-order valence-corrected chi connectivity index (χ4v) is 2.56. The Morgan fingerprint density at radius 1 is 1.33 bits per heavy atom. The number of ether oxygens (including phenoxy) is 1. The summed E-state index contributed by atoms with van der Waals surface area (Å²) in [6.45, 7) is 7.19. The van der Waals surface area contributed by atoms with Crippen LogP contribution in [0.25, 0.3) is 0 Å². The van der Waals surface area contributed by atoms with E-state index in [9.17, 15) is 14.7 Å². The predicted octanol–water partition coefficient (Wildman–Crippen LogP) is 2.20. The molecule has 0 saturated carbocycles. The van der Waals surface area contributed by atoms with Crippen LogP contribution < -0.4 is 10.2 Å². The lowest BCUT2D eigenvalue weighted by molar-refractivity contribution is -0.139. The molecule has 7 heteroatoms. The van der Waals surface area contributed by atoms with E-state index in [0.29, 0.717) is 0 Å². The Morgan fingerprint density at radius 3 is 2.50 bits per heavy atom. The first kappa shape index (κ1) is 18.0. The summed E-state index contributed by atoms with van der Waals surface area (Å²) in [5.41, 5.74) is 0.0768. The third-order valence-electron chi connectivity index (χ3n) is 3.67. The van der Waals surface area contributed by atoms with Crippen LogP contribution in [0.2, 0.25) is 0 Å². The summed E-state index contributed by atoms with van der Waals surface area (Å²) >= 11 is 0. The number of carbonyl (C=O) groups is 2. The van der Waals surface area contributed by atoms with Crippen molar-refractivity contribution in [3.63, 3.8) is 0 Å². The van der Waals surface area contributed by atoms with Crippen molar-refractivity contribution >= 4 is 17.9 Å². The molecule has 0 spiro atoms. The Labute approximate surface area is 142 Å². The number of carboxylic acid groups (broad SMARTS) is 1. The van der Waals surface area contributed by atoms with Crippen molar-refractivity contribution in [2.75, 3.05) is 18.0 Å². The highest BCUT2D eigenvalue weighted by Gasteiger charge is 2.24. The van der Waals surface area contributed by atoms with Crippen LogP contribution in [0.15, 0.2) is 18.3 Å². The van der Waals surface area contributed by atoms with Crippen LogP contribution in [0.5, 0.6) is 0 Å². The van der Waals surface area contributed by atoms with Gasteiger partial charge in [0.05, 0.1) is 0 Å². The molecule has 0 aromatic carbocycles. The zero-order valence-corrected chi connectivity index (χ0v) is 14.4. The zero-order valence-electron chi connectivity index (χ0n) is 14.4. The molecule has 132 valence electrons. The summed E-state index contributed by atoms with van der Waals surface area (Å²) in [5.74, 6) is -0.201. The molecule has 0 radical (unpaired) electrons. The summed E-state index contributed by atoms with van der Waals surface area (Å²) in [4.78, 5) is 29.8. The van der Waals surface area contributed by atoms with Crippen LogP contribution in [0.4, 0.5) is 10.6 Å². The van der Waals surface area contributed by atoms with Gasteiger partial charge in [0.2, 0.25) is 0 Å². The first-order valence-electron chi connectivity index (χ1n) is 8.17. The van der Waals surface area contributed by atoms with Gasteiger partial charge in [-0.2, -0.15) is 0 Å². The summed E-state index contributed by atoms with van der Waals surface area (Å²) in [6, 6.07) is 2.69. The van der Waals surface area contributed by atoms with Gasteiger partial charge in [0.25, 0.3) is 0 Å². The molecular formula is C17H25N3O4. The number of carboxylic acids is 1. The van der Waals surface area contributed by atoms with Crippen molar-refractivity contribution in [3.05, 3.63) is 23.9 Å². The molecule has 1 aliphatic rings. The van der Waals surface area contributed by atoms with E-state index in [4.69, 9.17) is 4.74 Å². The van der Waals surface area contributed by atoms with Gasteiger partial charge in [-0.3, -0.25) is 0 Å². The summed E-state index contributed by atoms with van der Waals surface area (Å²) in [7, 11) is 0. The topological polar surface area (TPSA) is 91.8 Å². The number of hydrogen-bond donors (Lipinski definition) is 2. The molecule has 24 heavy (non-hydrogen) atoms. The van der Waals surface area contributed by atoms with E-state index in [1.807, 2.05) is 12.1 Å². The molecular weight excluding hydrogens is 310 g/mol. The Morgan fingerprint density at radius 2 is 2.00 bits per heavy atom. The number of anilines is 1. The minimum Gasteiger partial charge on any atom is -0.480 e. The Balaban J connectivity index is 1.97. The number of alkyl carbamates (subject to hydrolysis) is 1. The van der Waals surface area contributed by atoms with Crippen LogP contribution in [0.3, 0.4) is 0 Å². The lowest BCUT2D eigenvalue weighted by Gasteiger charge is -2.22. The summed E-state index contributed by atoms with van der Waals surface area (Å²) in [6.07, 6.45) is 3.42.